The van der Waals surface area contributed by atoms with Crippen LogP contribution in [0.1, 0.15) is 58.4 Å². The standard InChI is InChI=1S/C16H14BrNO3.C8H7NO4.C7H8BrN/c1-10-11(4-3-5-13(10)17)8-15(19)14-7-6-12(9-18-14)16(20)21-2;1-13-8(12)5-2-3-6(7(10)11)9-4-5;1-5-6(8)3-2-4-7(5)9/h3-7,9H,8H2,1-2H3;2-4H,1H3,(H,10,11);2-4H,9H2,1H3. The molecule has 0 aliphatic rings. The Balaban J connectivity index is 0.000000249. The van der Waals surface area contributed by atoms with Crippen molar-refractivity contribution >= 4 is 61.2 Å². The summed E-state index contributed by atoms with van der Waals surface area (Å²) < 4.78 is 11.0. The molecule has 0 bridgehead atoms. The van der Waals surface area contributed by atoms with Gasteiger partial charge in [-0.25, -0.2) is 19.4 Å². The Bertz CT molecular complexity index is 1570. The predicted molar refractivity (Wildman–Crippen MR) is 168 cm³/mol. The summed E-state index contributed by atoms with van der Waals surface area (Å²) in [6, 6.07) is 17.2. The molecule has 0 amide bonds. The lowest BCUT2D eigenvalue weighted by Crippen LogP contribution is -2.09. The van der Waals surface area contributed by atoms with E-state index in [1.807, 2.05) is 50.2 Å². The number of aromatic carboxylic acids is 1. The van der Waals surface area contributed by atoms with E-state index in [-0.39, 0.29) is 23.5 Å². The average molecular weight is 715 g/mol. The van der Waals surface area contributed by atoms with Crippen molar-refractivity contribution < 1.29 is 33.8 Å². The SMILES string of the molecule is COC(=O)c1ccc(C(=O)Cc2cccc(Br)c2C)nc1.COC(=O)c1ccc(C(=O)O)nc1.Cc1c(N)cccc1Br. The van der Waals surface area contributed by atoms with Gasteiger partial charge < -0.3 is 20.3 Å². The molecule has 0 fully saturated rings. The van der Waals surface area contributed by atoms with Crippen molar-refractivity contribution in [3.8, 4) is 0 Å². The largest absolute Gasteiger partial charge is 0.477 e. The molecule has 4 rings (SSSR count). The van der Waals surface area contributed by atoms with E-state index in [0.717, 1.165) is 37.5 Å². The van der Waals surface area contributed by atoms with E-state index in [2.05, 4.69) is 51.3 Å². The van der Waals surface area contributed by atoms with E-state index >= 15 is 0 Å². The average Bonchev–Trinajstić information content (AvgIpc) is 3.02. The maximum Gasteiger partial charge on any atom is 0.354 e. The normalized spacial score (nSPS) is 9.81. The highest BCUT2D eigenvalue weighted by Crippen LogP contribution is 2.21. The minimum atomic E-state index is -1.13. The van der Waals surface area contributed by atoms with Gasteiger partial charge in [0.2, 0.25) is 0 Å². The Morgan fingerprint density at radius 3 is 1.65 bits per heavy atom. The zero-order valence-electron chi connectivity index (χ0n) is 23.8. The molecule has 3 N–H and O–H groups in total. The number of carboxylic acids is 1. The third kappa shape index (κ3) is 10.4. The summed E-state index contributed by atoms with van der Waals surface area (Å²) in [6.45, 7) is 3.94. The summed E-state index contributed by atoms with van der Waals surface area (Å²) in [5.41, 5.74) is 10.3. The number of benzene rings is 2. The van der Waals surface area contributed by atoms with Crippen molar-refractivity contribution in [1.82, 2.24) is 9.97 Å². The van der Waals surface area contributed by atoms with Crippen LogP contribution in [0.4, 0.5) is 5.69 Å². The number of pyridine rings is 2. The Hall–Kier alpha value is -4.42. The van der Waals surface area contributed by atoms with Gasteiger partial charge in [-0.05, 0) is 73.0 Å². The van der Waals surface area contributed by atoms with E-state index in [0.29, 0.717) is 11.3 Å². The summed E-state index contributed by atoms with van der Waals surface area (Å²) in [6.07, 6.45) is 2.79. The minimum absolute atomic E-state index is 0.0902. The van der Waals surface area contributed by atoms with Crippen molar-refractivity contribution in [3.05, 3.63) is 121 Å². The predicted octanol–water partition coefficient (Wildman–Crippen LogP) is 6.27. The van der Waals surface area contributed by atoms with Crippen LogP contribution in [0, 0.1) is 13.8 Å². The van der Waals surface area contributed by atoms with E-state index in [9.17, 15) is 19.2 Å². The molecule has 0 saturated heterocycles. The summed E-state index contributed by atoms with van der Waals surface area (Å²) in [5.74, 6) is -2.22. The molecule has 43 heavy (non-hydrogen) atoms. The van der Waals surface area contributed by atoms with Crippen LogP contribution in [0.5, 0.6) is 0 Å². The number of nitrogen functional groups attached to an aromatic ring is 1. The van der Waals surface area contributed by atoms with Crippen molar-refractivity contribution in [1.29, 1.82) is 0 Å². The molecule has 0 aliphatic carbocycles. The fraction of sp³-hybridized carbons (Fsp3) is 0.161. The minimum Gasteiger partial charge on any atom is -0.477 e. The number of Topliss-reactive ketones (excluding diaryl/α,β-unsaturated/α-hetero) is 1. The van der Waals surface area contributed by atoms with Crippen molar-refractivity contribution in [3.63, 3.8) is 0 Å². The maximum atomic E-state index is 12.2. The molecule has 12 heteroatoms. The number of rotatable bonds is 6. The molecule has 2 aromatic carbocycles. The van der Waals surface area contributed by atoms with Crippen LogP contribution in [-0.2, 0) is 15.9 Å². The second-order valence-corrected chi connectivity index (χ2v) is 10.4. The first kappa shape index (κ1) is 34.8. The summed E-state index contributed by atoms with van der Waals surface area (Å²) in [5, 5.41) is 8.49. The Kier molecular flexibility index (Phi) is 13.7. The molecular weight excluding hydrogens is 686 g/mol. The van der Waals surface area contributed by atoms with Crippen molar-refractivity contribution in [2.24, 2.45) is 0 Å². The second kappa shape index (κ2) is 16.9. The first-order chi connectivity index (χ1) is 20.4. The molecule has 0 aliphatic heterocycles. The zero-order valence-corrected chi connectivity index (χ0v) is 26.9. The molecule has 0 unspecified atom stereocenters. The van der Waals surface area contributed by atoms with Crippen LogP contribution in [0.2, 0.25) is 0 Å². The number of aromatic nitrogens is 2. The van der Waals surface area contributed by atoms with Crippen LogP contribution in [0.25, 0.3) is 0 Å². The number of carbonyl (C=O) groups excluding carboxylic acids is 3. The summed E-state index contributed by atoms with van der Waals surface area (Å²) in [7, 11) is 2.55. The Morgan fingerprint density at radius 2 is 1.23 bits per heavy atom. The number of hydrogen-bond donors (Lipinski definition) is 2. The number of methoxy groups -OCH3 is 2. The number of carbonyl (C=O) groups is 4. The first-order valence-corrected chi connectivity index (χ1v) is 14.1. The molecule has 0 atom stereocenters. The number of halogens is 2. The van der Waals surface area contributed by atoms with E-state index in [1.54, 1.807) is 12.1 Å². The van der Waals surface area contributed by atoms with Gasteiger partial charge in [0.05, 0.1) is 25.3 Å². The number of hydrogen-bond acceptors (Lipinski definition) is 9. The topological polar surface area (TPSA) is 159 Å². The number of ketones is 1. The quantitative estimate of drug-likeness (QED) is 0.132. The van der Waals surface area contributed by atoms with Gasteiger partial charge in [-0.1, -0.05) is 50.1 Å². The van der Waals surface area contributed by atoms with Gasteiger partial charge in [-0.15, -0.1) is 0 Å². The second-order valence-electron chi connectivity index (χ2n) is 8.73. The van der Waals surface area contributed by atoms with Crippen LogP contribution in [-0.4, -0.2) is 53.0 Å². The van der Waals surface area contributed by atoms with Crippen molar-refractivity contribution in [2.75, 3.05) is 20.0 Å². The number of carboxylic acid groups (broad SMARTS) is 1. The molecule has 4 aromatic rings. The van der Waals surface area contributed by atoms with E-state index in [4.69, 9.17) is 10.8 Å². The Labute approximate surface area is 265 Å². The van der Waals surface area contributed by atoms with Gasteiger partial charge in [0, 0.05) is 33.4 Å². The lowest BCUT2D eigenvalue weighted by atomic mass is 10.0. The first-order valence-electron chi connectivity index (χ1n) is 12.5. The van der Waals surface area contributed by atoms with Crippen LogP contribution in [0.3, 0.4) is 0 Å². The monoisotopic (exact) mass is 713 g/mol. The van der Waals surface area contributed by atoms with Crippen LogP contribution in [0.15, 0.2) is 82.0 Å². The van der Waals surface area contributed by atoms with Crippen LogP contribution >= 0.6 is 31.9 Å². The van der Waals surface area contributed by atoms with Gasteiger partial charge >= 0.3 is 17.9 Å². The number of nitrogens with two attached hydrogens (primary N) is 1. The highest BCUT2D eigenvalue weighted by Gasteiger charge is 2.13. The molecule has 0 radical (unpaired) electrons. The molecule has 10 nitrogen and oxygen atoms in total. The van der Waals surface area contributed by atoms with E-state index < -0.39 is 17.9 Å². The fourth-order valence-electron chi connectivity index (χ4n) is 3.29. The molecule has 2 aromatic heterocycles. The number of nitrogens with zero attached hydrogens (tertiary/aromatic N) is 2. The smallest absolute Gasteiger partial charge is 0.354 e. The zero-order chi connectivity index (χ0) is 32.1. The van der Waals surface area contributed by atoms with Gasteiger partial charge in [0.1, 0.15) is 11.4 Å². The van der Waals surface area contributed by atoms with Crippen molar-refractivity contribution in [2.45, 2.75) is 20.3 Å². The third-order valence-electron chi connectivity index (χ3n) is 5.91. The van der Waals surface area contributed by atoms with Gasteiger partial charge in [-0.2, -0.15) is 0 Å². The maximum absolute atomic E-state index is 12.2. The van der Waals surface area contributed by atoms with Gasteiger partial charge in [-0.3, -0.25) is 9.78 Å². The molecule has 2 heterocycles. The fourth-order valence-corrected chi connectivity index (χ4v) is 4.08. The summed E-state index contributed by atoms with van der Waals surface area (Å²) >= 11 is 6.81. The highest BCUT2D eigenvalue weighted by molar-refractivity contribution is 9.10. The van der Waals surface area contributed by atoms with Gasteiger partial charge in [0.15, 0.2) is 5.78 Å². The lowest BCUT2D eigenvalue weighted by molar-refractivity contribution is 0.0591. The third-order valence-corrected chi connectivity index (χ3v) is 7.63. The Morgan fingerprint density at radius 1 is 0.744 bits per heavy atom. The molecule has 224 valence electrons. The van der Waals surface area contributed by atoms with E-state index in [1.165, 1.54) is 32.5 Å². The highest BCUT2D eigenvalue weighted by atomic mass is 79.9. The molecular formula is C31H29Br2N3O7. The molecule has 0 saturated carbocycles. The summed E-state index contributed by atoms with van der Waals surface area (Å²) in [4.78, 5) is 52.4. The number of anilines is 1. The van der Waals surface area contributed by atoms with Crippen LogP contribution < -0.4 is 5.73 Å². The number of ether oxygens (including phenoxy) is 2. The number of esters is 2. The lowest BCUT2D eigenvalue weighted by Gasteiger charge is -2.07. The molecule has 0 spiro atoms. The van der Waals surface area contributed by atoms with Gasteiger partial charge in [0.25, 0.3) is 0 Å².